The van der Waals surface area contributed by atoms with Crippen LogP contribution in [-0.2, 0) is 11.3 Å². The molecule has 3 aliphatic rings. The number of piperazine rings is 1. The normalized spacial score (nSPS) is 20.0. The zero-order chi connectivity index (χ0) is 27.0. The van der Waals surface area contributed by atoms with E-state index in [1.54, 1.807) is 0 Å². The number of hydrazone groups is 1. The fourth-order valence-corrected chi connectivity index (χ4v) is 5.88. The van der Waals surface area contributed by atoms with Gasteiger partial charge in [-0.15, -0.1) is 0 Å². The van der Waals surface area contributed by atoms with Crippen LogP contribution in [0.2, 0.25) is 5.02 Å². The van der Waals surface area contributed by atoms with Gasteiger partial charge in [0.1, 0.15) is 0 Å². The van der Waals surface area contributed by atoms with Crippen molar-refractivity contribution in [2.75, 3.05) is 70.5 Å². The molecule has 2 saturated heterocycles. The molecule has 2 fully saturated rings. The lowest BCUT2D eigenvalue weighted by atomic mass is 10.1. The van der Waals surface area contributed by atoms with Crippen molar-refractivity contribution in [1.82, 2.24) is 14.8 Å². The maximum Gasteiger partial charge on any atom is 0.0642 e. The lowest BCUT2D eigenvalue weighted by Gasteiger charge is -2.33. The topological polar surface area (TPSA) is 34.5 Å². The van der Waals surface area contributed by atoms with Gasteiger partial charge in [0, 0.05) is 75.3 Å². The van der Waals surface area contributed by atoms with E-state index in [2.05, 4.69) is 82.2 Å². The summed E-state index contributed by atoms with van der Waals surface area (Å²) < 4.78 is 5.68. The quantitative estimate of drug-likeness (QED) is 0.373. The Hall–Kier alpha value is -2.80. The Morgan fingerprint density at radius 1 is 0.872 bits per heavy atom. The zero-order valence-electron chi connectivity index (χ0n) is 23.5. The van der Waals surface area contributed by atoms with E-state index in [9.17, 15) is 0 Å². The molecular weight excluding hydrogens is 506 g/mol. The van der Waals surface area contributed by atoms with Gasteiger partial charge in [0.15, 0.2) is 0 Å². The third kappa shape index (κ3) is 7.24. The van der Waals surface area contributed by atoms with Gasteiger partial charge in [-0.25, -0.2) is 0 Å². The Labute approximate surface area is 239 Å². The number of benzene rings is 2. The van der Waals surface area contributed by atoms with Crippen molar-refractivity contribution < 1.29 is 4.74 Å². The lowest BCUT2D eigenvalue weighted by molar-refractivity contribution is 0.0548. The Kier molecular flexibility index (Phi) is 9.62. The molecule has 5 rings (SSSR count). The molecule has 0 spiro atoms. The second-order valence-electron chi connectivity index (χ2n) is 10.5. The molecular formula is C32H42ClN5O. The number of anilines is 1. The fraction of sp³-hybridized carbons (Fsp3) is 0.469. The first-order valence-electron chi connectivity index (χ1n) is 14.5. The molecule has 6 nitrogen and oxygen atoms in total. The number of allylic oxidation sites excluding steroid dienone is 2. The molecule has 2 heterocycles. The van der Waals surface area contributed by atoms with Crippen LogP contribution in [0.15, 0.2) is 70.5 Å². The van der Waals surface area contributed by atoms with E-state index in [-0.39, 0.29) is 0 Å². The molecule has 0 bridgehead atoms. The maximum absolute atomic E-state index is 6.04. The SMILES string of the molecule is CCN(CC)c1ccc(/C=C2\CCC(/C=N\N3CCN(Cc4ccc(Cl)cc4)CC3)=C2N2CCOCC2)cc1. The Bertz CT molecular complexity index is 1160. The molecule has 7 heteroatoms. The van der Waals surface area contributed by atoms with E-state index in [4.69, 9.17) is 21.4 Å². The average Bonchev–Trinajstić information content (AvgIpc) is 3.38. The van der Waals surface area contributed by atoms with Crippen molar-refractivity contribution in [3.63, 3.8) is 0 Å². The molecule has 0 radical (unpaired) electrons. The van der Waals surface area contributed by atoms with Crippen LogP contribution in [0.5, 0.6) is 0 Å². The van der Waals surface area contributed by atoms with Gasteiger partial charge in [0.25, 0.3) is 0 Å². The van der Waals surface area contributed by atoms with Gasteiger partial charge in [0.2, 0.25) is 0 Å². The average molecular weight is 548 g/mol. The van der Waals surface area contributed by atoms with Crippen LogP contribution in [0, 0.1) is 0 Å². The summed E-state index contributed by atoms with van der Waals surface area (Å²) in [5, 5.41) is 8.00. The van der Waals surface area contributed by atoms with Crippen LogP contribution in [0.25, 0.3) is 6.08 Å². The van der Waals surface area contributed by atoms with Gasteiger partial charge >= 0.3 is 0 Å². The van der Waals surface area contributed by atoms with Crippen molar-refractivity contribution in [3.8, 4) is 0 Å². The molecule has 1 aliphatic carbocycles. The summed E-state index contributed by atoms with van der Waals surface area (Å²) in [6, 6.07) is 17.2. The number of hydrogen-bond donors (Lipinski definition) is 0. The predicted molar refractivity (Wildman–Crippen MR) is 163 cm³/mol. The predicted octanol–water partition coefficient (Wildman–Crippen LogP) is 5.75. The lowest BCUT2D eigenvalue weighted by Crippen LogP contribution is -2.43. The second kappa shape index (κ2) is 13.5. The number of nitrogens with zero attached hydrogens (tertiary/aromatic N) is 5. The summed E-state index contributed by atoms with van der Waals surface area (Å²) in [6.45, 7) is 14.8. The largest absolute Gasteiger partial charge is 0.378 e. The van der Waals surface area contributed by atoms with Gasteiger partial charge in [-0.3, -0.25) is 9.91 Å². The van der Waals surface area contributed by atoms with Crippen LogP contribution >= 0.6 is 11.6 Å². The fourth-order valence-electron chi connectivity index (χ4n) is 5.75. The summed E-state index contributed by atoms with van der Waals surface area (Å²) in [4.78, 5) is 7.39. The van der Waals surface area contributed by atoms with Crippen LogP contribution in [0.4, 0.5) is 5.69 Å². The molecule has 0 atom stereocenters. The minimum absolute atomic E-state index is 0.787. The Balaban J connectivity index is 1.27. The summed E-state index contributed by atoms with van der Waals surface area (Å²) >= 11 is 6.04. The molecule has 0 amide bonds. The molecule has 0 N–H and O–H groups in total. The summed E-state index contributed by atoms with van der Waals surface area (Å²) in [6.07, 6.45) is 6.62. The third-order valence-electron chi connectivity index (χ3n) is 8.01. The van der Waals surface area contributed by atoms with E-state index < -0.39 is 0 Å². The second-order valence-corrected chi connectivity index (χ2v) is 10.9. The molecule has 0 unspecified atom stereocenters. The van der Waals surface area contributed by atoms with Crippen molar-refractivity contribution in [2.45, 2.75) is 33.2 Å². The third-order valence-corrected chi connectivity index (χ3v) is 8.26. The molecule has 39 heavy (non-hydrogen) atoms. The summed E-state index contributed by atoms with van der Waals surface area (Å²) in [5.74, 6) is 0. The van der Waals surface area contributed by atoms with Crippen LogP contribution in [0.1, 0.15) is 37.8 Å². The van der Waals surface area contributed by atoms with E-state index >= 15 is 0 Å². The molecule has 0 saturated carbocycles. The van der Waals surface area contributed by atoms with Crippen LogP contribution in [-0.4, -0.2) is 86.6 Å². The van der Waals surface area contributed by atoms with Crippen molar-refractivity contribution in [2.24, 2.45) is 5.10 Å². The van der Waals surface area contributed by atoms with Crippen LogP contribution < -0.4 is 4.90 Å². The van der Waals surface area contributed by atoms with Gasteiger partial charge < -0.3 is 14.5 Å². The van der Waals surface area contributed by atoms with Gasteiger partial charge in [-0.1, -0.05) is 35.9 Å². The van der Waals surface area contributed by atoms with Gasteiger partial charge in [0.05, 0.1) is 19.4 Å². The Morgan fingerprint density at radius 2 is 1.56 bits per heavy atom. The summed E-state index contributed by atoms with van der Waals surface area (Å²) in [5.41, 5.74) is 8.01. The highest BCUT2D eigenvalue weighted by Crippen LogP contribution is 2.35. The monoisotopic (exact) mass is 547 g/mol. The van der Waals surface area contributed by atoms with Crippen LogP contribution in [0.3, 0.4) is 0 Å². The first-order valence-corrected chi connectivity index (χ1v) is 14.9. The maximum atomic E-state index is 6.04. The summed E-state index contributed by atoms with van der Waals surface area (Å²) in [7, 11) is 0. The molecule has 2 aromatic carbocycles. The van der Waals surface area contributed by atoms with E-state index in [1.807, 2.05) is 12.1 Å². The number of hydrogen-bond acceptors (Lipinski definition) is 6. The molecule has 208 valence electrons. The number of morpholine rings is 1. The minimum Gasteiger partial charge on any atom is -0.378 e. The zero-order valence-corrected chi connectivity index (χ0v) is 24.2. The molecule has 2 aromatic rings. The van der Waals surface area contributed by atoms with E-state index in [0.29, 0.717) is 0 Å². The van der Waals surface area contributed by atoms with Gasteiger partial charge in [-0.2, -0.15) is 5.10 Å². The van der Waals surface area contributed by atoms with Crippen molar-refractivity contribution >= 4 is 29.6 Å². The smallest absolute Gasteiger partial charge is 0.0642 e. The first kappa shape index (κ1) is 27.8. The number of halogens is 1. The van der Waals surface area contributed by atoms with E-state index in [1.165, 1.54) is 33.7 Å². The van der Waals surface area contributed by atoms with Crippen molar-refractivity contribution in [1.29, 1.82) is 0 Å². The highest BCUT2D eigenvalue weighted by Gasteiger charge is 2.26. The Morgan fingerprint density at radius 3 is 2.23 bits per heavy atom. The van der Waals surface area contributed by atoms with Crippen molar-refractivity contribution in [3.05, 3.63) is 81.5 Å². The highest BCUT2D eigenvalue weighted by atomic mass is 35.5. The number of rotatable bonds is 9. The first-order chi connectivity index (χ1) is 19.1. The van der Waals surface area contributed by atoms with Gasteiger partial charge in [-0.05, 0) is 79.3 Å². The standard InChI is InChI=1S/C32H42ClN5O/c1-3-36(4-2)31-13-7-26(8-14-31)23-28-9-10-29(32(28)37-19-21-39-22-20-37)24-34-38-17-15-35(16-18-38)25-27-5-11-30(33)12-6-27/h5-8,11-14,23-24H,3-4,9-10,15-22,25H2,1-2H3/b28-23+,34-24-. The minimum atomic E-state index is 0.787. The highest BCUT2D eigenvalue weighted by molar-refractivity contribution is 6.30. The molecule has 0 aromatic heterocycles. The van der Waals surface area contributed by atoms with E-state index in [0.717, 1.165) is 90.0 Å². The number of ether oxygens (including phenoxy) is 1. The molecule has 2 aliphatic heterocycles.